The molecule has 6 heteroatoms. The number of aliphatic hydroxyl groups is 2. The van der Waals surface area contributed by atoms with Gasteiger partial charge in [-0.05, 0) is 27.7 Å². The molecule has 0 aliphatic rings. The van der Waals surface area contributed by atoms with E-state index in [1.54, 1.807) is 13.8 Å². The monoisotopic (exact) mass is 248 g/mol. The lowest BCUT2D eigenvalue weighted by atomic mass is 10.3. The van der Waals surface area contributed by atoms with Gasteiger partial charge in [0.1, 0.15) is 0 Å². The van der Waals surface area contributed by atoms with E-state index in [2.05, 4.69) is 11.3 Å². The SMILES string of the molecule is C=C(C)C(=O)OC(C)C(=O)O.CC(O)C(C)O. The number of hydrogen-bond acceptors (Lipinski definition) is 5. The molecule has 0 aromatic heterocycles. The summed E-state index contributed by atoms with van der Waals surface area (Å²) in [7, 11) is 0. The number of esters is 1. The molecule has 0 aliphatic heterocycles. The molecule has 0 fully saturated rings. The van der Waals surface area contributed by atoms with Gasteiger partial charge in [-0.1, -0.05) is 6.58 Å². The highest BCUT2D eigenvalue weighted by Gasteiger charge is 2.15. The number of hydrogen-bond donors (Lipinski definition) is 3. The third-order valence-corrected chi connectivity index (χ3v) is 1.68. The second-order valence-corrected chi connectivity index (χ2v) is 3.65. The van der Waals surface area contributed by atoms with E-state index in [9.17, 15) is 9.59 Å². The third-order valence-electron chi connectivity index (χ3n) is 1.68. The fraction of sp³-hybridized carbons (Fsp3) is 0.636. The summed E-state index contributed by atoms with van der Waals surface area (Å²) >= 11 is 0. The Bertz CT molecular complexity index is 263. The Morgan fingerprint density at radius 3 is 1.65 bits per heavy atom. The van der Waals surface area contributed by atoms with Gasteiger partial charge in [0.05, 0.1) is 12.2 Å². The highest BCUT2D eigenvalue weighted by atomic mass is 16.6. The number of aliphatic carboxylic acids is 1. The zero-order valence-electron chi connectivity index (χ0n) is 10.5. The summed E-state index contributed by atoms with van der Waals surface area (Å²) in [5, 5.41) is 25.1. The molecule has 0 aliphatic carbocycles. The summed E-state index contributed by atoms with van der Waals surface area (Å²) in [6.45, 7) is 9.13. The van der Waals surface area contributed by atoms with Crippen molar-refractivity contribution in [1.29, 1.82) is 0 Å². The first kappa shape index (κ1) is 18.0. The molecule has 0 saturated carbocycles. The number of aliphatic hydroxyl groups excluding tert-OH is 2. The summed E-state index contributed by atoms with van der Waals surface area (Å²) in [6.07, 6.45) is -2.30. The van der Waals surface area contributed by atoms with Crippen LogP contribution in [0.1, 0.15) is 27.7 Å². The minimum Gasteiger partial charge on any atom is -0.479 e. The van der Waals surface area contributed by atoms with Crippen LogP contribution in [-0.2, 0) is 14.3 Å². The van der Waals surface area contributed by atoms with Gasteiger partial charge in [-0.25, -0.2) is 9.59 Å². The molecule has 6 nitrogen and oxygen atoms in total. The van der Waals surface area contributed by atoms with Crippen LogP contribution in [0.2, 0.25) is 0 Å². The molecule has 0 radical (unpaired) electrons. The molecule has 3 N–H and O–H groups in total. The lowest BCUT2D eigenvalue weighted by molar-refractivity contribution is -0.159. The number of carbonyl (C=O) groups is 2. The van der Waals surface area contributed by atoms with E-state index < -0.39 is 30.3 Å². The van der Waals surface area contributed by atoms with Crippen LogP contribution in [0.3, 0.4) is 0 Å². The van der Waals surface area contributed by atoms with E-state index in [1.807, 2.05) is 0 Å². The van der Waals surface area contributed by atoms with Crippen molar-refractivity contribution in [3.05, 3.63) is 12.2 Å². The highest BCUT2D eigenvalue weighted by Crippen LogP contribution is 1.97. The first-order chi connectivity index (χ1) is 7.59. The molecule has 0 spiro atoms. The normalized spacial score (nSPS) is 14.7. The van der Waals surface area contributed by atoms with E-state index in [4.69, 9.17) is 15.3 Å². The van der Waals surface area contributed by atoms with Crippen LogP contribution in [0.4, 0.5) is 0 Å². The van der Waals surface area contributed by atoms with Gasteiger partial charge >= 0.3 is 11.9 Å². The molecule has 17 heavy (non-hydrogen) atoms. The van der Waals surface area contributed by atoms with Gasteiger partial charge in [-0.3, -0.25) is 0 Å². The second kappa shape index (κ2) is 8.72. The van der Waals surface area contributed by atoms with Crippen LogP contribution >= 0.6 is 0 Å². The summed E-state index contributed by atoms with van der Waals surface area (Å²) in [6, 6.07) is 0. The van der Waals surface area contributed by atoms with Crippen LogP contribution in [0.5, 0.6) is 0 Å². The summed E-state index contributed by atoms with van der Waals surface area (Å²) in [5.41, 5.74) is 0.193. The lowest BCUT2D eigenvalue weighted by Gasteiger charge is -2.07. The van der Waals surface area contributed by atoms with Gasteiger partial charge in [0, 0.05) is 5.57 Å². The van der Waals surface area contributed by atoms with E-state index in [0.29, 0.717) is 0 Å². The largest absolute Gasteiger partial charge is 0.479 e. The fourth-order valence-electron chi connectivity index (χ4n) is 0.312. The Hall–Kier alpha value is -1.40. The summed E-state index contributed by atoms with van der Waals surface area (Å²) in [4.78, 5) is 20.8. The first-order valence-electron chi connectivity index (χ1n) is 5.05. The van der Waals surface area contributed by atoms with Crippen LogP contribution < -0.4 is 0 Å². The average molecular weight is 248 g/mol. The Morgan fingerprint density at radius 1 is 1.12 bits per heavy atom. The smallest absolute Gasteiger partial charge is 0.344 e. The molecular weight excluding hydrogens is 228 g/mol. The van der Waals surface area contributed by atoms with Gasteiger partial charge in [0.15, 0.2) is 6.10 Å². The molecule has 0 amide bonds. The van der Waals surface area contributed by atoms with Crippen molar-refractivity contribution < 1.29 is 29.6 Å². The Balaban J connectivity index is 0. The molecule has 0 aromatic rings. The van der Waals surface area contributed by atoms with Crippen LogP contribution in [0, 0.1) is 0 Å². The highest BCUT2D eigenvalue weighted by molar-refractivity contribution is 5.89. The van der Waals surface area contributed by atoms with Crippen molar-refractivity contribution in [2.24, 2.45) is 0 Å². The molecule has 0 saturated heterocycles. The van der Waals surface area contributed by atoms with Crippen molar-refractivity contribution in [2.75, 3.05) is 0 Å². The molecule has 0 rings (SSSR count). The third kappa shape index (κ3) is 10.9. The van der Waals surface area contributed by atoms with Crippen LogP contribution in [0.15, 0.2) is 12.2 Å². The zero-order valence-corrected chi connectivity index (χ0v) is 10.5. The quantitative estimate of drug-likeness (QED) is 0.489. The zero-order chi connectivity index (χ0) is 14.2. The van der Waals surface area contributed by atoms with Gasteiger partial charge in [0.25, 0.3) is 0 Å². The topological polar surface area (TPSA) is 104 Å². The predicted molar refractivity (Wildman–Crippen MR) is 61.4 cm³/mol. The molecule has 3 atom stereocenters. The van der Waals surface area contributed by atoms with Crippen molar-refractivity contribution in [1.82, 2.24) is 0 Å². The van der Waals surface area contributed by atoms with Crippen molar-refractivity contribution in [3.63, 3.8) is 0 Å². The molecular formula is C11H20O6. The van der Waals surface area contributed by atoms with Crippen molar-refractivity contribution in [2.45, 2.75) is 46.0 Å². The number of carbonyl (C=O) groups excluding carboxylic acids is 1. The Labute approximate surface area is 101 Å². The maximum atomic E-state index is 10.7. The Kier molecular flexibility index (Phi) is 9.22. The standard InChI is InChI=1S/C7H10O4.C4H10O2/c1-4(2)7(10)11-5(3)6(8)9;1-3(5)4(2)6/h5H,1H2,2-3H3,(H,8,9);3-6H,1-2H3. The molecule has 3 unspecified atom stereocenters. The maximum absolute atomic E-state index is 10.7. The van der Waals surface area contributed by atoms with Crippen molar-refractivity contribution >= 4 is 11.9 Å². The number of rotatable bonds is 4. The minimum atomic E-state index is -1.17. The average Bonchev–Trinajstić information content (AvgIpc) is 2.17. The van der Waals surface area contributed by atoms with E-state index in [-0.39, 0.29) is 5.57 Å². The number of carboxylic acids is 1. The van der Waals surface area contributed by atoms with Crippen molar-refractivity contribution in [3.8, 4) is 0 Å². The molecule has 100 valence electrons. The second-order valence-electron chi connectivity index (χ2n) is 3.65. The number of carboxylic acid groups (broad SMARTS) is 1. The molecule has 0 aromatic carbocycles. The minimum absolute atomic E-state index is 0.193. The van der Waals surface area contributed by atoms with Gasteiger partial charge in [-0.15, -0.1) is 0 Å². The first-order valence-corrected chi connectivity index (χ1v) is 5.05. The summed E-state index contributed by atoms with van der Waals surface area (Å²) in [5.74, 6) is -1.85. The number of ether oxygens (including phenoxy) is 1. The van der Waals surface area contributed by atoms with Crippen LogP contribution in [0.25, 0.3) is 0 Å². The van der Waals surface area contributed by atoms with Gasteiger partial charge in [-0.2, -0.15) is 0 Å². The van der Waals surface area contributed by atoms with Gasteiger partial charge < -0.3 is 20.1 Å². The lowest BCUT2D eigenvalue weighted by Crippen LogP contribution is -2.23. The van der Waals surface area contributed by atoms with Crippen LogP contribution in [-0.4, -0.2) is 45.6 Å². The van der Waals surface area contributed by atoms with Gasteiger partial charge in [0.2, 0.25) is 0 Å². The fourth-order valence-corrected chi connectivity index (χ4v) is 0.312. The molecule has 0 heterocycles. The van der Waals surface area contributed by atoms with E-state index in [0.717, 1.165) is 0 Å². The molecule has 0 bridgehead atoms. The van der Waals surface area contributed by atoms with E-state index in [1.165, 1.54) is 13.8 Å². The predicted octanol–water partition coefficient (Wildman–Crippen LogP) is 0.327. The Morgan fingerprint density at radius 2 is 1.47 bits per heavy atom. The summed E-state index contributed by atoms with van der Waals surface area (Å²) < 4.78 is 4.44. The maximum Gasteiger partial charge on any atom is 0.344 e. The van der Waals surface area contributed by atoms with E-state index >= 15 is 0 Å².